The number of Topliss-reactive ketones (excluding diaryl/α,β-unsaturated/α-hetero) is 1. The zero-order valence-electron chi connectivity index (χ0n) is 13.6. The fourth-order valence-electron chi connectivity index (χ4n) is 5.09. The summed E-state index contributed by atoms with van der Waals surface area (Å²) in [7, 11) is 0. The molecule has 122 valence electrons. The molecule has 3 rings (SSSR count). The average Bonchev–Trinajstić information content (AvgIpc) is 2.84. The fraction of sp³-hybridized carbons (Fsp3) is 0.824. The predicted octanol–water partition coefficient (Wildman–Crippen LogP) is 2.12. The van der Waals surface area contributed by atoms with Crippen molar-refractivity contribution in [3.05, 3.63) is 0 Å². The number of hydrogen-bond acceptors (Lipinski definition) is 5. The molecule has 0 bridgehead atoms. The average molecular weight is 308 g/mol. The minimum Gasteiger partial charge on any atom is -0.462 e. The number of rotatable bonds is 1. The van der Waals surface area contributed by atoms with Gasteiger partial charge in [0, 0.05) is 19.3 Å². The molecular formula is C17H24O5. The number of carbonyl (C=O) groups excluding carboxylic acids is 3. The Kier molecular flexibility index (Phi) is 3.57. The molecule has 3 fully saturated rings. The van der Waals surface area contributed by atoms with E-state index in [1.165, 1.54) is 6.92 Å². The lowest BCUT2D eigenvalue weighted by Crippen LogP contribution is -2.49. The zero-order chi connectivity index (χ0) is 16.2. The highest BCUT2D eigenvalue weighted by atomic mass is 16.6. The second-order valence-electron chi connectivity index (χ2n) is 7.44. The molecule has 1 aliphatic heterocycles. The molecule has 2 saturated carbocycles. The molecule has 5 nitrogen and oxygen atoms in total. The molecule has 7 atom stereocenters. The van der Waals surface area contributed by atoms with Crippen LogP contribution in [0.1, 0.15) is 47.0 Å². The highest BCUT2D eigenvalue weighted by Gasteiger charge is 2.63. The van der Waals surface area contributed by atoms with E-state index in [0.29, 0.717) is 6.42 Å². The minimum atomic E-state index is -0.702. The molecule has 0 spiro atoms. The summed E-state index contributed by atoms with van der Waals surface area (Å²) in [6.07, 6.45) is 1.28. The first-order valence-electron chi connectivity index (χ1n) is 8.17. The lowest BCUT2D eigenvalue weighted by molar-refractivity contribution is -0.165. The van der Waals surface area contributed by atoms with Gasteiger partial charge >= 0.3 is 11.9 Å². The third-order valence-corrected chi connectivity index (χ3v) is 6.22. The van der Waals surface area contributed by atoms with Crippen LogP contribution in [0, 0.1) is 29.1 Å². The Bertz CT molecular complexity index is 527. The van der Waals surface area contributed by atoms with E-state index < -0.39 is 17.5 Å². The van der Waals surface area contributed by atoms with Gasteiger partial charge in [0.15, 0.2) is 0 Å². The van der Waals surface area contributed by atoms with Crippen LogP contribution in [0.3, 0.4) is 0 Å². The van der Waals surface area contributed by atoms with E-state index in [4.69, 9.17) is 9.47 Å². The molecule has 0 aromatic carbocycles. The van der Waals surface area contributed by atoms with Crippen molar-refractivity contribution in [1.29, 1.82) is 0 Å². The molecule has 2 aliphatic carbocycles. The van der Waals surface area contributed by atoms with Gasteiger partial charge < -0.3 is 9.47 Å². The standard InChI is InChI=1S/C17H24O5/c1-8-7-12-14(9(2)16(20)22-12)15(21-10(3)18)17(4)11(8)5-6-13(17)19/h8-9,11-12,14-15H,5-7H2,1-4H3/t8-,9-,11+,12-,14-,15-,17+/m1/s1. The first-order valence-corrected chi connectivity index (χ1v) is 8.17. The highest BCUT2D eigenvalue weighted by Crippen LogP contribution is 2.56. The van der Waals surface area contributed by atoms with Crippen LogP contribution >= 0.6 is 0 Å². The van der Waals surface area contributed by atoms with Crippen LogP contribution in [0.5, 0.6) is 0 Å². The van der Waals surface area contributed by atoms with Crippen molar-refractivity contribution < 1.29 is 23.9 Å². The minimum absolute atomic E-state index is 0.155. The molecule has 0 aromatic rings. The maximum absolute atomic E-state index is 12.7. The van der Waals surface area contributed by atoms with Gasteiger partial charge in [-0.05, 0) is 31.6 Å². The van der Waals surface area contributed by atoms with Crippen LogP contribution in [0.2, 0.25) is 0 Å². The predicted molar refractivity (Wildman–Crippen MR) is 77.7 cm³/mol. The largest absolute Gasteiger partial charge is 0.462 e. The topological polar surface area (TPSA) is 69.7 Å². The molecule has 0 N–H and O–H groups in total. The van der Waals surface area contributed by atoms with Gasteiger partial charge in [-0.15, -0.1) is 0 Å². The van der Waals surface area contributed by atoms with Gasteiger partial charge in [-0.2, -0.15) is 0 Å². The van der Waals surface area contributed by atoms with Crippen LogP contribution in [-0.2, 0) is 23.9 Å². The van der Waals surface area contributed by atoms with Gasteiger partial charge in [0.25, 0.3) is 0 Å². The maximum atomic E-state index is 12.7. The smallest absolute Gasteiger partial charge is 0.309 e. The number of ether oxygens (including phenoxy) is 2. The van der Waals surface area contributed by atoms with Crippen molar-refractivity contribution >= 4 is 17.7 Å². The molecule has 0 radical (unpaired) electrons. The van der Waals surface area contributed by atoms with Crippen LogP contribution in [0.15, 0.2) is 0 Å². The van der Waals surface area contributed by atoms with Crippen LogP contribution in [0.25, 0.3) is 0 Å². The molecule has 1 saturated heterocycles. The first-order chi connectivity index (χ1) is 10.3. The maximum Gasteiger partial charge on any atom is 0.309 e. The lowest BCUT2D eigenvalue weighted by Gasteiger charge is -2.40. The fourth-order valence-corrected chi connectivity index (χ4v) is 5.09. The molecule has 3 aliphatic rings. The van der Waals surface area contributed by atoms with Crippen molar-refractivity contribution in [1.82, 2.24) is 0 Å². The van der Waals surface area contributed by atoms with Gasteiger partial charge in [-0.3, -0.25) is 14.4 Å². The van der Waals surface area contributed by atoms with E-state index in [9.17, 15) is 14.4 Å². The third-order valence-electron chi connectivity index (χ3n) is 6.22. The summed E-state index contributed by atoms with van der Waals surface area (Å²) in [5.41, 5.74) is -0.702. The Morgan fingerprint density at radius 3 is 2.64 bits per heavy atom. The van der Waals surface area contributed by atoms with Gasteiger partial charge in [0.05, 0.1) is 11.3 Å². The van der Waals surface area contributed by atoms with Gasteiger partial charge in [-0.25, -0.2) is 0 Å². The van der Waals surface area contributed by atoms with E-state index in [1.54, 1.807) is 0 Å². The van der Waals surface area contributed by atoms with Crippen molar-refractivity contribution in [2.75, 3.05) is 0 Å². The van der Waals surface area contributed by atoms with E-state index in [-0.39, 0.29) is 41.5 Å². The number of esters is 2. The van der Waals surface area contributed by atoms with Crippen molar-refractivity contribution in [2.45, 2.75) is 59.2 Å². The zero-order valence-corrected chi connectivity index (χ0v) is 13.6. The Balaban J connectivity index is 2.09. The van der Waals surface area contributed by atoms with Gasteiger partial charge in [0.2, 0.25) is 0 Å². The molecular weight excluding hydrogens is 284 g/mol. The summed E-state index contributed by atoms with van der Waals surface area (Å²) in [5.74, 6) is -0.607. The second kappa shape index (κ2) is 5.07. The van der Waals surface area contributed by atoms with Gasteiger partial charge in [0.1, 0.15) is 18.0 Å². The summed E-state index contributed by atoms with van der Waals surface area (Å²) in [4.78, 5) is 36.4. The highest BCUT2D eigenvalue weighted by molar-refractivity contribution is 5.88. The van der Waals surface area contributed by atoms with E-state index in [1.807, 2.05) is 13.8 Å². The Morgan fingerprint density at radius 1 is 1.32 bits per heavy atom. The third kappa shape index (κ3) is 2.01. The number of fused-ring (bicyclic) bond motifs is 2. The summed E-state index contributed by atoms with van der Waals surface area (Å²) in [6.45, 7) is 7.22. The molecule has 0 aromatic heterocycles. The van der Waals surface area contributed by atoms with E-state index >= 15 is 0 Å². The summed E-state index contributed by atoms with van der Waals surface area (Å²) in [5, 5.41) is 0. The monoisotopic (exact) mass is 308 g/mol. The summed E-state index contributed by atoms with van der Waals surface area (Å²) in [6, 6.07) is 0. The summed E-state index contributed by atoms with van der Waals surface area (Å²) >= 11 is 0. The van der Waals surface area contributed by atoms with E-state index in [2.05, 4.69) is 6.92 Å². The first kappa shape index (κ1) is 15.5. The Morgan fingerprint density at radius 2 is 2.00 bits per heavy atom. The number of carbonyl (C=O) groups is 3. The van der Waals surface area contributed by atoms with Gasteiger partial charge in [-0.1, -0.05) is 13.8 Å². The van der Waals surface area contributed by atoms with Crippen LogP contribution in [0.4, 0.5) is 0 Å². The SMILES string of the molecule is CC(=O)O[C@@H]1[C@H]2[C@@H](C[C@@H](C)[C@@H]3CCC(=O)[C@@]13C)OC(=O)[C@@H]2C. The van der Waals surface area contributed by atoms with Crippen LogP contribution < -0.4 is 0 Å². The number of ketones is 1. The number of hydrogen-bond donors (Lipinski definition) is 0. The molecule has 1 heterocycles. The second-order valence-corrected chi connectivity index (χ2v) is 7.44. The summed E-state index contributed by atoms with van der Waals surface area (Å²) < 4.78 is 11.2. The molecule has 22 heavy (non-hydrogen) atoms. The quantitative estimate of drug-likeness (QED) is 0.694. The molecule has 0 unspecified atom stereocenters. The van der Waals surface area contributed by atoms with Crippen molar-refractivity contribution in [2.24, 2.45) is 29.1 Å². The van der Waals surface area contributed by atoms with Crippen LogP contribution in [-0.4, -0.2) is 29.9 Å². The Labute approximate surface area is 130 Å². The Hall–Kier alpha value is -1.39. The molecule has 5 heteroatoms. The normalized spacial score (nSPS) is 47.5. The molecule has 0 amide bonds. The van der Waals surface area contributed by atoms with Crippen molar-refractivity contribution in [3.8, 4) is 0 Å². The van der Waals surface area contributed by atoms with E-state index in [0.717, 1.165) is 12.8 Å². The van der Waals surface area contributed by atoms with Crippen molar-refractivity contribution in [3.63, 3.8) is 0 Å². The lowest BCUT2D eigenvalue weighted by atomic mass is 9.67.